The van der Waals surface area contributed by atoms with Crippen LogP contribution < -0.4 is 16.2 Å². The van der Waals surface area contributed by atoms with Crippen LogP contribution in [0.1, 0.15) is 24.8 Å². The Hall–Kier alpha value is -0.870. The molecule has 0 bridgehead atoms. The van der Waals surface area contributed by atoms with E-state index in [1.54, 1.807) is 18.2 Å². The summed E-state index contributed by atoms with van der Waals surface area (Å²) < 4.78 is 22.9. The molecular weight excluding hydrogens is 403 g/mol. The Morgan fingerprint density at radius 1 is 1.33 bits per heavy atom. The molecule has 0 atom stereocenters. The molecule has 118 valence electrons. The Morgan fingerprint density at radius 2 is 2.00 bits per heavy atom. The molecular formula is C13H21IN4O2S. The molecule has 0 saturated heterocycles. The highest BCUT2D eigenvalue weighted by molar-refractivity contribution is 14.0. The van der Waals surface area contributed by atoms with Crippen LogP contribution in [0.2, 0.25) is 0 Å². The summed E-state index contributed by atoms with van der Waals surface area (Å²) in [6.45, 7) is 1.02. The van der Waals surface area contributed by atoms with E-state index in [2.05, 4.69) is 10.3 Å². The molecule has 1 saturated carbocycles. The van der Waals surface area contributed by atoms with Gasteiger partial charge in [0, 0.05) is 6.54 Å². The predicted octanol–water partition coefficient (Wildman–Crippen LogP) is 1.16. The number of rotatable bonds is 5. The zero-order chi connectivity index (χ0) is 14.6. The Kier molecular flexibility index (Phi) is 6.88. The van der Waals surface area contributed by atoms with Crippen molar-refractivity contribution in [3.05, 3.63) is 29.8 Å². The number of nitrogens with zero attached hydrogens (tertiary/aromatic N) is 1. The summed E-state index contributed by atoms with van der Waals surface area (Å²) >= 11 is 0. The van der Waals surface area contributed by atoms with E-state index in [4.69, 9.17) is 10.9 Å². The molecule has 2 rings (SSSR count). The van der Waals surface area contributed by atoms with E-state index in [0.29, 0.717) is 17.4 Å². The molecule has 0 unspecified atom stereocenters. The number of nitrogens with one attached hydrogen (secondary N) is 1. The van der Waals surface area contributed by atoms with Crippen molar-refractivity contribution >= 4 is 40.0 Å². The highest BCUT2D eigenvalue weighted by Crippen LogP contribution is 2.25. The predicted molar refractivity (Wildman–Crippen MR) is 93.9 cm³/mol. The molecule has 1 aromatic carbocycles. The molecule has 0 aliphatic heterocycles. The first kappa shape index (κ1) is 18.2. The Labute approximate surface area is 142 Å². The number of sulfonamides is 1. The van der Waals surface area contributed by atoms with E-state index in [-0.39, 0.29) is 35.4 Å². The van der Waals surface area contributed by atoms with Gasteiger partial charge in [0.25, 0.3) is 0 Å². The minimum absolute atomic E-state index is 0. The molecule has 1 aliphatic rings. The number of hydrogen-bond acceptors (Lipinski definition) is 3. The third-order valence-electron chi connectivity index (χ3n) is 3.50. The van der Waals surface area contributed by atoms with Crippen LogP contribution >= 0.6 is 24.0 Å². The summed E-state index contributed by atoms with van der Waals surface area (Å²) in [6.07, 6.45) is 3.74. The molecule has 6 nitrogen and oxygen atoms in total. The minimum atomic E-state index is -3.73. The first-order valence-corrected chi connectivity index (χ1v) is 8.16. The first-order valence-electron chi connectivity index (χ1n) is 6.61. The average molecular weight is 424 g/mol. The monoisotopic (exact) mass is 424 g/mol. The summed E-state index contributed by atoms with van der Waals surface area (Å²) in [5.41, 5.74) is 6.31. The Morgan fingerprint density at radius 3 is 2.57 bits per heavy atom. The van der Waals surface area contributed by atoms with Crippen LogP contribution in [0.4, 0.5) is 0 Å². The number of benzene rings is 1. The van der Waals surface area contributed by atoms with E-state index >= 15 is 0 Å². The first-order chi connectivity index (χ1) is 9.47. The number of guanidine groups is 1. The third kappa shape index (κ3) is 5.44. The maximum atomic E-state index is 11.4. The van der Waals surface area contributed by atoms with E-state index in [1.165, 1.54) is 25.3 Å². The lowest BCUT2D eigenvalue weighted by Crippen LogP contribution is -2.37. The summed E-state index contributed by atoms with van der Waals surface area (Å²) in [6, 6.07) is 6.53. The van der Waals surface area contributed by atoms with Crippen molar-refractivity contribution in [1.82, 2.24) is 5.32 Å². The van der Waals surface area contributed by atoms with Crippen molar-refractivity contribution in [3.63, 3.8) is 0 Å². The van der Waals surface area contributed by atoms with Gasteiger partial charge in [0.2, 0.25) is 10.0 Å². The van der Waals surface area contributed by atoms with Gasteiger partial charge >= 0.3 is 0 Å². The molecule has 8 heteroatoms. The van der Waals surface area contributed by atoms with E-state index < -0.39 is 10.0 Å². The van der Waals surface area contributed by atoms with Gasteiger partial charge in [-0.1, -0.05) is 24.6 Å². The largest absolute Gasteiger partial charge is 0.370 e. The van der Waals surface area contributed by atoms with Crippen molar-refractivity contribution in [3.8, 4) is 0 Å². The topological polar surface area (TPSA) is 111 Å². The highest BCUT2D eigenvalue weighted by atomic mass is 127. The van der Waals surface area contributed by atoms with Gasteiger partial charge in [0.05, 0.1) is 11.4 Å². The maximum Gasteiger partial charge on any atom is 0.238 e. The Balaban J connectivity index is 0.00000220. The van der Waals surface area contributed by atoms with Crippen molar-refractivity contribution in [2.45, 2.75) is 30.7 Å². The zero-order valence-corrected chi connectivity index (χ0v) is 14.8. The van der Waals surface area contributed by atoms with Gasteiger partial charge in [0.1, 0.15) is 0 Å². The van der Waals surface area contributed by atoms with E-state index in [1.807, 2.05) is 0 Å². The molecule has 5 N–H and O–H groups in total. The standard InChI is InChI=1S/C13H20N4O2S.HI/c14-13(16-8-10-4-3-5-10)17-9-11-6-1-2-7-12(11)20(15,18)19;/h1-2,6-7,10H,3-5,8-9H2,(H3,14,16,17)(H2,15,18,19);1H. The van der Waals surface area contributed by atoms with Gasteiger partial charge in [-0.25, -0.2) is 18.5 Å². The third-order valence-corrected chi connectivity index (χ3v) is 4.51. The average Bonchev–Trinajstić information content (AvgIpc) is 2.34. The van der Waals surface area contributed by atoms with Crippen LogP contribution in [-0.4, -0.2) is 20.9 Å². The van der Waals surface area contributed by atoms with Crippen LogP contribution in [0.3, 0.4) is 0 Å². The highest BCUT2D eigenvalue weighted by Gasteiger charge is 2.17. The normalized spacial score (nSPS) is 16.0. The SMILES string of the molecule is I.NC(=NCc1ccccc1S(N)(=O)=O)NCC1CCC1. The van der Waals surface area contributed by atoms with Crippen LogP contribution in [0.25, 0.3) is 0 Å². The molecule has 21 heavy (non-hydrogen) atoms. The zero-order valence-electron chi connectivity index (χ0n) is 11.7. The fourth-order valence-corrected chi connectivity index (χ4v) is 2.85. The lowest BCUT2D eigenvalue weighted by Gasteiger charge is -2.25. The number of primary sulfonamides is 1. The fraction of sp³-hybridized carbons (Fsp3) is 0.462. The maximum absolute atomic E-state index is 11.4. The Bertz CT molecular complexity index is 600. The molecule has 1 aliphatic carbocycles. The van der Waals surface area contributed by atoms with Crippen molar-refractivity contribution in [1.29, 1.82) is 0 Å². The summed E-state index contributed by atoms with van der Waals surface area (Å²) in [4.78, 5) is 4.26. The number of aliphatic imine (C=N–C) groups is 1. The number of hydrogen-bond donors (Lipinski definition) is 3. The van der Waals surface area contributed by atoms with Gasteiger partial charge in [0.15, 0.2) is 5.96 Å². The van der Waals surface area contributed by atoms with Gasteiger partial charge in [-0.2, -0.15) is 0 Å². The van der Waals surface area contributed by atoms with Gasteiger partial charge in [-0.15, -0.1) is 24.0 Å². The van der Waals surface area contributed by atoms with Crippen molar-refractivity contribution in [2.24, 2.45) is 21.8 Å². The molecule has 0 amide bonds. The lowest BCUT2D eigenvalue weighted by atomic mass is 9.85. The quantitative estimate of drug-likeness (QED) is 0.374. The summed E-state index contributed by atoms with van der Waals surface area (Å²) in [7, 11) is -3.73. The lowest BCUT2D eigenvalue weighted by molar-refractivity contribution is 0.315. The van der Waals surface area contributed by atoms with Crippen molar-refractivity contribution < 1.29 is 8.42 Å². The van der Waals surface area contributed by atoms with Crippen LogP contribution in [0.5, 0.6) is 0 Å². The number of halogens is 1. The summed E-state index contributed by atoms with van der Waals surface area (Å²) in [5.74, 6) is 1.02. The molecule has 0 spiro atoms. The van der Waals surface area contributed by atoms with E-state index in [0.717, 1.165) is 6.54 Å². The minimum Gasteiger partial charge on any atom is -0.370 e. The molecule has 1 aromatic rings. The van der Waals surface area contributed by atoms with Gasteiger partial charge < -0.3 is 11.1 Å². The van der Waals surface area contributed by atoms with Crippen molar-refractivity contribution in [2.75, 3.05) is 6.54 Å². The smallest absolute Gasteiger partial charge is 0.238 e. The van der Waals surface area contributed by atoms with Crippen LogP contribution in [0.15, 0.2) is 34.2 Å². The van der Waals surface area contributed by atoms with E-state index in [9.17, 15) is 8.42 Å². The van der Waals surface area contributed by atoms with Gasteiger partial charge in [-0.3, -0.25) is 0 Å². The van der Waals surface area contributed by atoms with Gasteiger partial charge in [-0.05, 0) is 30.4 Å². The molecule has 0 radical (unpaired) electrons. The fourth-order valence-electron chi connectivity index (χ4n) is 2.08. The second-order valence-electron chi connectivity index (χ2n) is 5.03. The van der Waals surface area contributed by atoms with Crippen LogP contribution in [0, 0.1) is 5.92 Å². The molecule has 0 heterocycles. The van der Waals surface area contributed by atoms with Crippen LogP contribution in [-0.2, 0) is 16.6 Å². The second-order valence-corrected chi connectivity index (χ2v) is 6.56. The molecule has 1 fully saturated rings. The second kappa shape index (κ2) is 7.95. The molecule has 0 aromatic heterocycles. The summed E-state index contributed by atoms with van der Waals surface area (Å²) in [5, 5.41) is 8.22. The number of nitrogens with two attached hydrogens (primary N) is 2.